The molecule has 110 valence electrons. The maximum atomic E-state index is 12.2. The first-order valence-corrected chi connectivity index (χ1v) is 7.12. The number of nitrogens with two attached hydrogens (primary N) is 1. The second kappa shape index (κ2) is 6.37. The zero-order valence-electron chi connectivity index (χ0n) is 11.7. The van der Waals surface area contributed by atoms with Gasteiger partial charge in [-0.1, -0.05) is 35.3 Å². The first-order chi connectivity index (χ1) is 9.90. The molecular formula is C16H15Cl2NO2. The van der Waals surface area contributed by atoms with Crippen LogP contribution in [-0.2, 0) is 11.3 Å². The van der Waals surface area contributed by atoms with Gasteiger partial charge in [0.1, 0.15) is 6.61 Å². The number of anilines is 1. The van der Waals surface area contributed by atoms with Crippen molar-refractivity contribution in [2.45, 2.75) is 20.5 Å². The molecule has 0 amide bonds. The summed E-state index contributed by atoms with van der Waals surface area (Å²) >= 11 is 12.1. The van der Waals surface area contributed by atoms with E-state index < -0.39 is 5.97 Å². The fraction of sp³-hybridized carbons (Fsp3) is 0.188. The van der Waals surface area contributed by atoms with E-state index in [1.54, 1.807) is 24.3 Å². The second-order valence-electron chi connectivity index (χ2n) is 4.80. The number of carbonyl (C=O) groups is 1. The molecule has 5 heteroatoms. The van der Waals surface area contributed by atoms with E-state index >= 15 is 0 Å². The number of aryl methyl sites for hydroxylation is 2. The van der Waals surface area contributed by atoms with Gasteiger partial charge in [0.15, 0.2) is 0 Å². The molecule has 0 atom stereocenters. The number of esters is 1. The summed E-state index contributed by atoms with van der Waals surface area (Å²) in [6, 6.07) is 8.62. The Balaban J connectivity index is 2.18. The van der Waals surface area contributed by atoms with Crippen LogP contribution in [-0.4, -0.2) is 5.97 Å². The van der Waals surface area contributed by atoms with Gasteiger partial charge < -0.3 is 10.5 Å². The highest BCUT2D eigenvalue weighted by molar-refractivity contribution is 6.35. The highest BCUT2D eigenvalue weighted by atomic mass is 35.5. The van der Waals surface area contributed by atoms with Crippen molar-refractivity contribution in [3.8, 4) is 0 Å². The molecule has 0 aromatic heterocycles. The molecule has 0 aliphatic rings. The molecule has 2 aromatic rings. The number of hydrogen-bond donors (Lipinski definition) is 1. The lowest BCUT2D eigenvalue weighted by molar-refractivity contribution is 0.0472. The van der Waals surface area contributed by atoms with Gasteiger partial charge in [-0.25, -0.2) is 4.79 Å². The molecule has 2 rings (SSSR count). The van der Waals surface area contributed by atoms with Crippen LogP contribution in [0.2, 0.25) is 10.0 Å². The lowest BCUT2D eigenvalue weighted by Gasteiger charge is -2.11. The minimum absolute atomic E-state index is 0.0184. The summed E-state index contributed by atoms with van der Waals surface area (Å²) in [4.78, 5) is 12.2. The van der Waals surface area contributed by atoms with E-state index in [2.05, 4.69) is 0 Å². The predicted octanol–water partition coefficient (Wildman–Crippen LogP) is 4.55. The SMILES string of the molecule is Cc1cc(C)c(C(=O)OCc2c(Cl)cccc2Cl)cc1N. The number of hydrogen-bond acceptors (Lipinski definition) is 3. The average molecular weight is 324 g/mol. The second-order valence-corrected chi connectivity index (χ2v) is 5.61. The smallest absolute Gasteiger partial charge is 0.338 e. The molecule has 2 aromatic carbocycles. The number of halogens is 2. The number of carbonyl (C=O) groups excluding carboxylic acids is 1. The van der Waals surface area contributed by atoms with Gasteiger partial charge >= 0.3 is 5.97 Å². The molecule has 0 aliphatic heterocycles. The number of benzene rings is 2. The summed E-state index contributed by atoms with van der Waals surface area (Å²) in [6.07, 6.45) is 0. The molecule has 0 unspecified atom stereocenters. The van der Waals surface area contributed by atoms with Crippen LogP contribution in [0.3, 0.4) is 0 Å². The minimum atomic E-state index is -0.449. The third kappa shape index (κ3) is 3.49. The average Bonchev–Trinajstić information content (AvgIpc) is 2.42. The van der Waals surface area contributed by atoms with E-state index in [1.165, 1.54) is 0 Å². The third-order valence-electron chi connectivity index (χ3n) is 3.24. The van der Waals surface area contributed by atoms with Crippen molar-refractivity contribution >= 4 is 34.9 Å². The van der Waals surface area contributed by atoms with Crippen molar-refractivity contribution < 1.29 is 9.53 Å². The Bertz CT molecular complexity index is 679. The lowest BCUT2D eigenvalue weighted by Crippen LogP contribution is -2.09. The number of rotatable bonds is 3. The summed E-state index contributed by atoms with van der Waals surface area (Å²) in [5.41, 5.74) is 9.17. The first-order valence-electron chi connectivity index (χ1n) is 6.37. The molecule has 2 N–H and O–H groups in total. The molecule has 0 bridgehead atoms. The van der Waals surface area contributed by atoms with Crippen molar-refractivity contribution in [3.05, 3.63) is 62.6 Å². The maximum Gasteiger partial charge on any atom is 0.338 e. The van der Waals surface area contributed by atoms with Crippen LogP contribution in [0.1, 0.15) is 27.0 Å². The molecule has 3 nitrogen and oxygen atoms in total. The number of ether oxygens (including phenoxy) is 1. The first kappa shape index (κ1) is 15.7. The van der Waals surface area contributed by atoms with Crippen LogP contribution in [0.5, 0.6) is 0 Å². The molecule has 0 spiro atoms. The topological polar surface area (TPSA) is 52.3 Å². The van der Waals surface area contributed by atoms with E-state index in [0.29, 0.717) is 26.9 Å². The van der Waals surface area contributed by atoms with Gasteiger partial charge in [-0.05, 0) is 43.2 Å². The van der Waals surface area contributed by atoms with E-state index in [0.717, 1.165) is 11.1 Å². The van der Waals surface area contributed by atoms with Gasteiger partial charge in [0.05, 0.1) is 5.56 Å². The Labute approximate surface area is 133 Å². The fourth-order valence-corrected chi connectivity index (χ4v) is 2.48. The van der Waals surface area contributed by atoms with Crippen LogP contribution in [0, 0.1) is 13.8 Å². The summed E-state index contributed by atoms with van der Waals surface area (Å²) in [7, 11) is 0. The van der Waals surface area contributed by atoms with Crippen LogP contribution in [0.25, 0.3) is 0 Å². The zero-order chi connectivity index (χ0) is 15.6. The van der Waals surface area contributed by atoms with Gasteiger partial charge in [-0.2, -0.15) is 0 Å². The van der Waals surface area contributed by atoms with Crippen molar-refractivity contribution in [3.63, 3.8) is 0 Å². The molecular weight excluding hydrogens is 309 g/mol. The Kier molecular flexibility index (Phi) is 4.76. The normalized spacial score (nSPS) is 10.5. The fourth-order valence-electron chi connectivity index (χ4n) is 1.97. The van der Waals surface area contributed by atoms with Crippen LogP contribution in [0.15, 0.2) is 30.3 Å². The zero-order valence-corrected chi connectivity index (χ0v) is 13.3. The number of nitrogen functional groups attached to an aromatic ring is 1. The Morgan fingerprint density at radius 1 is 1.14 bits per heavy atom. The predicted molar refractivity (Wildman–Crippen MR) is 85.9 cm³/mol. The van der Waals surface area contributed by atoms with Gasteiger partial charge in [0.25, 0.3) is 0 Å². The summed E-state index contributed by atoms with van der Waals surface area (Å²) < 4.78 is 5.29. The summed E-state index contributed by atoms with van der Waals surface area (Å²) in [5, 5.41) is 0.936. The summed E-state index contributed by atoms with van der Waals surface area (Å²) in [5.74, 6) is -0.449. The van der Waals surface area contributed by atoms with Crippen molar-refractivity contribution in [1.29, 1.82) is 0 Å². The molecule has 0 saturated heterocycles. The van der Waals surface area contributed by atoms with E-state index in [9.17, 15) is 4.79 Å². The quantitative estimate of drug-likeness (QED) is 0.666. The van der Waals surface area contributed by atoms with Gasteiger partial charge in [0.2, 0.25) is 0 Å². The van der Waals surface area contributed by atoms with Crippen molar-refractivity contribution in [1.82, 2.24) is 0 Å². The molecule has 21 heavy (non-hydrogen) atoms. The molecule has 0 heterocycles. The van der Waals surface area contributed by atoms with Gasteiger partial charge in [0, 0.05) is 21.3 Å². The molecule has 0 aliphatic carbocycles. The lowest BCUT2D eigenvalue weighted by atomic mass is 10.0. The molecule has 0 fully saturated rings. The van der Waals surface area contributed by atoms with Crippen LogP contribution >= 0.6 is 23.2 Å². The summed E-state index contributed by atoms with van der Waals surface area (Å²) in [6.45, 7) is 3.75. The van der Waals surface area contributed by atoms with Gasteiger partial charge in [-0.15, -0.1) is 0 Å². The highest BCUT2D eigenvalue weighted by Gasteiger charge is 2.14. The van der Waals surface area contributed by atoms with Crippen LogP contribution < -0.4 is 5.73 Å². The minimum Gasteiger partial charge on any atom is -0.457 e. The maximum absolute atomic E-state index is 12.2. The van der Waals surface area contributed by atoms with Crippen molar-refractivity contribution in [2.75, 3.05) is 5.73 Å². The molecule has 0 saturated carbocycles. The highest BCUT2D eigenvalue weighted by Crippen LogP contribution is 2.26. The monoisotopic (exact) mass is 323 g/mol. The van der Waals surface area contributed by atoms with E-state index in [-0.39, 0.29) is 6.61 Å². The van der Waals surface area contributed by atoms with E-state index in [4.69, 9.17) is 33.7 Å². The van der Waals surface area contributed by atoms with E-state index in [1.807, 2.05) is 19.9 Å². The largest absolute Gasteiger partial charge is 0.457 e. The third-order valence-corrected chi connectivity index (χ3v) is 3.95. The Hall–Kier alpha value is -1.71. The Morgan fingerprint density at radius 2 is 1.76 bits per heavy atom. The van der Waals surface area contributed by atoms with Crippen molar-refractivity contribution in [2.24, 2.45) is 0 Å². The van der Waals surface area contributed by atoms with Gasteiger partial charge in [-0.3, -0.25) is 0 Å². The van der Waals surface area contributed by atoms with Crippen LogP contribution in [0.4, 0.5) is 5.69 Å². The standard InChI is InChI=1S/C16H15Cl2NO2/c1-9-6-10(2)15(19)7-11(9)16(20)21-8-12-13(17)4-3-5-14(12)18/h3-7H,8,19H2,1-2H3. The molecule has 0 radical (unpaired) electrons. The Morgan fingerprint density at radius 3 is 2.38 bits per heavy atom.